The summed E-state index contributed by atoms with van der Waals surface area (Å²) in [5, 5.41) is 27.3. The monoisotopic (exact) mass is 499 g/mol. The topological polar surface area (TPSA) is 90.0 Å². The molecule has 7 heteroatoms. The van der Waals surface area contributed by atoms with Crippen molar-refractivity contribution in [2.24, 2.45) is 4.99 Å². The second-order valence-corrected chi connectivity index (χ2v) is 7.21. The molecule has 2 aromatic rings. The van der Waals surface area contributed by atoms with E-state index in [-0.39, 0.29) is 30.5 Å². The minimum atomic E-state index is -1.15. The lowest BCUT2D eigenvalue weighted by Gasteiger charge is -2.23. The van der Waals surface area contributed by atoms with Crippen LogP contribution in [0, 0.1) is 0 Å². The fraction of sp³-hybridized carbons (Fsp3) is 0.476. The second-order valence-electron chi connectivity index (χ2n) is 7.21. The number of hydrogen-bond acceptors (Lipinski definition) is 4. The number of fused-ring (bicyclic) bond motifs is 1. The summed E-state index contributed by atoms with van der Waals surface area (Å²) in [7, 11) is 0. The molecule has 0 saturated heterocycles. The zero-order valence-electron chi connectivity index (χ0n) is 16.5. The molecule has 0 aliphatic heterocycles. The van der Waals surface area contributed by atoms with Gasteiger partial charge in [0.25, 0.3) is 0 Å². The highest BCUT2D eigenvalue weighted by Gasteiger charge is 2.26. The number of aryl methyl sites for hydroxylation is 1. The Morgan fingerprint density at radius 3 is 2.71 bits per heavy atom. The first-order valence-electron chi connectivity index (χ1n) is 9.62. The lowest BCUT2D eigenvalue weighted by molar-refractivity contribution is 0.0386. The van der Waals surface area contributed by atoms with Crippen molar-refractivity contribution in [3.05, 3.63) is 53.0 Å². The zero-order valence-corrected chi connectivity index (χ0v) is 18.8. The molecule has 0 bridgehead atoms. The molecule has 154 valence electrons. The van der Waals surface area contributed by atoms with Gasteiger partial charge in [-0.3, -0.25) is 0 Å². The predicted molar refractivity (Wildman–Crippen MR) is 121 cm³/mol. The first kappa shape index (κ1) is 22.5. The lowest BCUT2D eigenvalue weighted by Crippen LogP contribution is -2.44. The third kappa shape index (κ3) is 5.41. The maximum absolute atomic E-state index is 10.6. The van der Waals surface area contributed by atoms with Crippen molar-refractivity contribution < 1.29 is 14.6 Å². The van der Waals surface area contributed by atoms with E-state index in [1.54, 1.807) is 31.4 Å². The summed E-state index contributed by atoms with van der Waals surface area (Å²) in [4.78, 5) is 4.63. The number of aromatic hydroxyl groups is 1. The minimum absolute atomic E-state index is 0. The van der Waals surface area contributed by atoms with Crippen molar-refractivity contribution in [2.75, 3.05) is 13.1 Å². The summed E-state index contributed by atoms with van der Waals surface area (Å²) >= 11 is 0. The number of halogens is 1. The zero-order chi connectivity index (χ0) is 19.3. The van der Waals surface area contributed by atoms with Gasteiger partial charge in [-0.15, -0.1) is 24.0 Å². The number of aliphatic hydroxyl groups is 1. The molecule has 0 saturated carbocycles. The van der Waals surface area contributed by atoms with E-state index >= 15 is 0 Å². The van der Waals surface area contributed by atoms with E-state index in [0.717, 1.165) is 24.8 Å². The molecule has 0 amide bonds. The van der Waals surface area contributed by atoms with Gasteiger partial charge in [0.15, 0.2) is 5.96 Å². The van der Waals surface area contributed by atoms with Crippen LogP contribution in [0.2, 0.25) is 0 Å². The summed E-state index contributed by atoms with van der Waals surface area (Å²) in [5.41, 5.74) is 2.32. The van der Waals surface area contributed by atoms with Gasteiger partial charge in [0.1, 0.15) is 17.1 Å². The van der Waals surface area contributed by atoms with Crippen molar-refractivity contribution in [3.63, 3.8) is 0 Å². The molecule has 0 spiro atoms. The van der Waals surface area contributed by atoms with Gasteiger partial charge in [0.05, 0.1) is 19.4 Å². The van der Waals surface area contributed by atoms with Gasteiger partial charge in [0, 0.05) is 12.1 Å². The Balaban J connectivity index is 0.00000280. The van der Waals surface area contributed by atoms with Gasteiger partial charge >= 0.3 is 0 Å². The van der Waals surface area contributed by atoms with Gasteiger partial charge in [-0.2, -0.15) is 0 Å². The Morgan fingerprint density at radius 2 is 2.00 bits per heavy atom. The van der Waals surface area contributed by atoms with Crippen LogP contribution in [0.5, 0.6) is 5.75 Å². The molecule has 1 aromatic heterocycles. The first-order chi connectivity index (χ1) is 13.0. The molecule has 1 unspecified atom stereocenters. The van der Waals surface area contributed by atoms with Crippen molar-refractivity contribution in [1.29, 1.82) is 0 Å². The number of nitrogens with zero attached hydrogens (tertiary/aromatic N) is 1. The smallest absolute Gasteiger partial charge is 0.191 e. The molecule has 6 nitrogen and oxygen atoms in total. The van der Waals surface area contributed by atoms with Crippen LogP contribution >= 0.6 is 24.0 Å². The van der Waals surface area contributed by atoms with E-state index in [1.165, 1.54) is 17.5 Å². The highest BCUT2D eigenvalue weighted by Crippen LogP contribution is 2.31. The molecule has 1 aliphatic rings. The number of phenolic OH excluding ortho intramolecular Hbond substituents is 1. The molecule has 3 rings (SSSR count). The van der Waals surface area contributed by atoms with Crippen LogP contribution in [0.25, 0.3) is 0 Å². The van der Waals surface area contributed by atoms with Gasteiger partial charge in [0.2, 0.25) is 0 Å². The summed E-state index contributed by atoms with van der Waals surface area (Å²) in [6, 6.07) is 7.31. The van der Waals surface area contributed by atoms with Crippen LogP contribution in [0.3, 0.4) is 0 Å². The molecular weight excluding hydrogens is 469 g/mol. The Hall–Kier alpha value is -1.74. The summed E-state index contributed by atoms with van der Waals surface area (Å²) in [6.07, 6.45) is 5.96. The van der Waals surface area contributed by atoms with Crippen LogP contribution in [-0.2, 0) is 25.0 Å². The van der Waals surface area contributed by atoms with Crippen molar-refractivity contribution in [2.45, 2.75) is 51.7 Å². The second kappa shape index (κ2) is 10.2. The average molecular weight is 499 g/mol. The number of rotatable bonds is 6. The Morgan fingerprint density at radius 1 is 1.21 bits per heavy atom. The predicted octanol–water partition coefficient (Wildman–Crippen LogP) is 3.44. The Labute approximate surface area is 183 Å². The van der Waals surface area contributed by atoms with Crippen LogP contribution in [0.1, 0.15) is 49.1 Å². The maximum atomic E-state index is 10.6. The summed E-state index contributed by atoms with van der Waals surface area (Å²) in [5.74, 6) is 1.40. The summed E-state index contributed by atoms with van der Waals surface area (Å²) < 4.78 is 5.31. The molecule has 1 aliphatic carbocycles. The number of hydrogen-bond donors (Lipinski definition) is 4. The quantitative estimate of drug-likeness (QED) is 0.278. The maximum Gasteiger partial charge on any atom is 0.191 e. The van der Waals surface area contributed by atoms with E-state index in [2.05, 4.69) is 15.6 Å². The highest BCUT2D eigenvalue weighted by molar-refractivity contribution is 14.0. The normalized spacial score (nSPS) is 15.9. The molecule has 0 fully saturated rings. The number of furan rings is 1. The molecule has 1 heterocycles. The molecule has 0 radical (unpaired) electrons. The van der Waals surface area contributed by atoms with Crippen LogP contribution in [0.15, 0.2) is 39.9 Å². The van der Waals surface area contributed by atoms with Crippen molar-refractivity contribution in [3.8, 4) is 5.75 Å². The van der Waals surface area contributed by atoms with Gasteiger partial charge in [-0.1, -0.05) is 6.07 Å². The van der Waals surface area contributed by atoms with Crippen molar-refractivity contribution in [1.82, 2.24) is 10.6 Å². The molecule has 28 heavy (non-hydrogen) atoms. The Kier molecular flexibility index (Phi) is 8.18. The molecule has 1 aromatic carbocycles. The fourth-order valence-electron chi connectivity index (χ4n) is 3.50. The van der Waals surface area contributed by atoms with Crippen LogP contribution in [0.4, 0.5) is 0 Å². The largest absolute Gasteiger partial charge is 0.508 e. The molecular formula is C21H30IN3O3. The number of guanidine groups is 1. The van der Waals surface area contributed by atoms with Crippen molar-refractivity contribution >= 4 is 29.9 Å². The lowest BCUT2D eigenvalue weighted by atomic mass is 9.88. The standard InChI is InChI=1S/C21H29N3O3.HI/c1-3-22-20(24-14-21(2,26)19-9-6-12-27-19)23-13-17-16-8-5-4-7-15(16)10-11-18(17)25;/h6,9-12,25-26H,3-5,7-8,13-14H2,1-2H3,(H2,22,23,24);1H. The van der Waals surface area contributed by atoms with E-state index in [9.17, 15) is 10.2 Å². The molecule has 4 N–H and O–H groups in total. The fourth-order valence-corrected chi connectivity index (χ4v) is 3.50. The SMILES string of the molecule is CCNC(=NCc1c(O)ccc2c1CCCC2)NCC(C)(O)c1ccco1.I. The number of nitrogens with one attached hydrogen (secondary N) is 2. The average Bonchev–Trinajstić information content (AvgIpc) is 3.21. The third-order valence-electron chi connectivity index (χ3n) is 5.02. The third-order valence-corrected chi connectivity index (χ3v) is 5.02. The van der Waals surface area contributed by atoms with E-state index in [4.69, 9.17) is 4.42 Å². The first-order valence-corrected chi connectivity index (χ1v) is 9.62. The van der Waals surface area contributed by atoms with Gasteiger partial charge < -0.3 is 25.3 Å². The summed E-state index contributed by atoms with van der Waals surface area (Å²) in [6.45, 7) is 5.04. The highest BCUT2D eigenvalue weighted by atomic mass is 127. The van der Waals surface area contributed by atoms with E-state index in [1.807, 2.05) is 13.0 Å². The van der Waals surface area contributed by atoms with Crippen LogP contribution in [-0.4, -0.2) is 29.3 Å². The van der Waals surface area contributed by atoms with Gasteiger partial charge in [-0.05, 0) is 68.9 Å². The Bertz CT molecular complexity index is 788. The number of phenols is 1. The minimum Gasteiger partial charge on any atom is -0.508 e. The number of aliphatic imine (C=N–C) groups is 1. The van der Waals surface area contributed by atoms with Gasteiger partial charge in [-0.25, -0.2) is 4.99 Å². The molecule has 1 atom stereocenters. The number of benzene rings is 1. The van der Waals surface area contributed by atoms with E-state index in [0.29, 0.717) is 30.6 Å². The van der Waals surface area contributed by atoms with Crippen LogP contribution < -0.4 is 10.6 Å². The van der Waals surface area contributed by atoms with E-state index < -0.39 is 5.60 Å².